The van der Waals surface area contributed by atoms with Crippen LogP contribution in [-0.4, -0.2) is 56.2 Å². The quantitative estimate of drug-likeness (QED) is 0.318. The second-order valence-electron chi connectivity index (χ2n) is 6.61. The van der Waals surface area contributed by atoms with Crippen LogP contribution in [0.25, 0.3) is 0 Å². The van der Waals surface area contributed by atoms with Crippen LogP contribution in [0.15, 0.2) is 29.2 Å². The van der Waals surface area contributed by atoms with Crippen molar-refractivity contribution >= 4 is 53.3 Å². The van der Waals surface area contributed by atoms with Crippen molar-refractivity contribution in [2.75, 3.05) is 5.32 Å². The van der Waals surface area contributed by atoms with Gasteiger partial charge in [-0.05, 0) is 18.2 Å². The minimum atomic E-state index is -2.00. The Hall–Kier alpha value is -4.39. The zero-order valence-electron chi connectivity index (χ0n) is 15.4. The summed E-state index contributed by atoms with van der Waals surface area (Å²) >= 11 is 0.664. The molecule has 0 saturated heterocycles. The van der Waals surface area contributed by atoms with Gasteiger partial charge in [-0.2, -0.15) is 0 Å². The zero-order chi connectivity index (χ0) is 23.5. The van der Waals surface area contributed by atoms with Gasteiger partial charge in [0, 0.05) is 10.5 Å². The minimum absolute atomic E-state index is 0.0339. The van der Waals surface area contributed by atoms with Crippen LogP contribution in [-0.2, 0) is 14.4 Å². The van der Waals surface area contributed by atoms with E-state index in [1.807, 2.05) is 0 Å². The summed E-state index contributed by atoms with van der Waals surface area (Å²) in [6.07, 6.45) is 0. The number of anilines is 1. The smallest absolute Gasteiger partial charge is 0.355 e. The fourth-order valence-electron chi connectivity index (χ4n) is 3.50. The molecule has 1 atom stereocenters. The predicted octanol–water partition coefficient (Wildman–Crippen LogP) is 1.55. The average molecular weight is 459 g/mol. The van der Waals surface area contributed by atoms with E-state index in [2.05, 4.69) is 5.32 Å². The molecule has 5 N–H and O–H groups in total. The van der Waals surface area contributed by atoms with E-state index in [1.165, 1.54) is 0 Å². The summed E-state index contributed by atoms with van der Waals surface area (Å²) in [4.78, 5) is 69.7. The first-order valence-electron chi connectivity index (χ1n) is 8.50. The molecule has 2 bridgehead atoms. The van der Waals surface area contributed by atoms with Crippen LogP contribution in [0.5, 0.6) is 0 Å². The maximum absolute atomic E-state index is 12.9. The summed E-state index contributed by atoms with van der Waals surface area (Å²) in [5.41, 5.74) is -3.76. The molecule has 2 aromatic rings. The monoisotopic (exact) mass is 459 g/mol. The molecule has 4 rings (SSSR count). The van der Waals surface area contributed by atoms with Gasteiger partial charge in [0.05, 0.1) is 33.5 Å². The molecular formula is C19H9NO11S. The molecule has 0 saturated carbocycles. The van der Waals surface area contributed by atoms with E-state index in [1.54, 1.807) is 0 Å². The molecule has 12 nitrogen and oxygen atoms in total. The molecule has 0 amide bonds. The lowest BCUT2D eigenvalue weighted by Crippen LogP contribution is -2.39. The number of hydrogen-bond donors (Lipinski definition) is 5. The standard InChI is InChI=1S/C19H9NO11S/c21-13(22)6-2-1-5(3-7(6)14(23)24)19-18(30)31-17(29)11-10(16(27)28)8(15(25)26)4-9(32-19)12(11)20-19/h1-4,20H,(H,21,22)(H,23,24)(H,25,26)(H,27,28). The summed E-state index contributed by atoms with van der Waals surface area (Å²) in [6, 6.07) is 3.96. The van der Waals surface area contributed by atoms with E-state index in [4.69, 9.17) is 4.74 Å². The van der Waals surface area contributed by atoms with Crippen molar-refractivity contribution in [3.63, 3.8) is 0 Å². The van der Waals surface area contributed by atoms with Crippen LogP contribution in [0.4, 0.5) is 5.69 Å². The molecule has 32 heavy (non-hydrogen) atoms. The molecule has 2 aliphatic rings. The molecule has 0 aromatic heterocycles. The topological polar surface area (TPSA) is 205 Å². The SMILES string of the molecule is O=C(O)c1ccc(C23Nc4c(cc(C(=O)O)c(C(=O)O)c4C(=O)OC2=O)S3)cc1C(=O)O. The number of thioether (sulfide) groups is 1. The van der Waals surface area contributed by atoms with Crippen molar-refractivity contribution < 1.29 is 53.9 Å². The number of cyclic esters (lactones) is 2. The van der Waals surface area contributed by atoms with Crippen LogP contribution in [0.2, 0.25) is 0 Å². The van der Waals surface area contributed by atoms with E-state index < -0.39 is 68.5 Å². The number of rotatable bonds is 5. The summed E-state index contributed by atoms with van der Waals surface area (Å²) in [5.74, 6) is -9.13. The van der Waals surface area contributed by atoms with Gasteiger partial charge in [0.1, 0.15) is 0 Å². The minimum Gasteiger partial charge on any atom is -0.478 e. The molecule has 0 radical (unpaired) electrons. The number of ether oxygens (including phenoxy) is 1. The summed E-state index contributed by atoms with van der Waals surface area (Å²) in [5, 5.41) is 40.2. The zero-order valence-corrected chi connectivity index (χ0v) is 16.2. The molecule has 1 unspecified atom stereocenters. The van der Waals surface area contributed by atoms with Crippen LogP contribution in [0.3, 0.4) is 0 Å². The maximum atomic E-state index is 12.9. The lowest BCUT2D eigenvalue weighted by atomic mass is 9.97. The average Bonchev–Trinajstić information content (AvgIpc) is 3.07. The van der Waals surface area contributed by atoms with Gasteiger partial charge in [0.15, 0.2) is 0 Å². The number of hydrogen-bond acceptors (Lipinski definition) is 9. The van der Waals surface area contributed by atoms with Gasteiger partial charge in [-0.25, -0.2) is 28.8 Å². The molecule has 0 spiro atoms. The largest absolute Gasteiger partial charge is 0.478 e. The number of esters is 2. The number of benzene rings is 2. The number of carbonyl (C=O) groups is 6. The fraction of sp³-hybridized carbons (Fsp3) is 0.0526. The molecule has 162 valence electrons. The number of fused-ring (bicyclic) bond motifs is 1. The molecule has 2 heterocycles. The van der Waals surface area contributed by atoms with Crippen molar-refractivity contribution in [2.45, 2.75) is 9.77 Å². The fourth-order valence-corrected chi connectivity index (χ4v) is 4.78. The van der Waals surface area contributed by atoms with Crippen molar-refractivity contribution in [1.82, 2.24) is 0 Å². The second-order valence-corrected chi connectivity index (χ2v) is 7.87. The van der Waals surface area contributed by atoms with Gasteiger partial charge >= 0.3 is 35.8 Å². The van der Waals surface area contributed by atoms with E-state index in [9.17, 15) is 49.2 Å². The van der Waals surface area contributed by atoms with Crippen molar-refractivity contribution in [3.8, 4) is 0 Å². The van der Waals surface area contributed by atoms with Gasteiger partial charge in [-0.3, -0.25) is 0 Å². The normalized spacial score (nSPS) is 18.4. The second kappa shape index (κ2) is 6.81. The number of nitrogens with one attached hydrogen (secondary N) is 1. The lowest BCUT2D eigenvalue weighted by Gasteiger charge is -2.26. The molecule has 13 heteroatoms. The van der Waals surface area contributed by atoms with E-state index in [0.717, 1.165) is 24.3 Å². The van der Waals surface area contributed by atoms with E-state index in [0.29, 0.717) is 11.8 Å². The van der Waals surface area contributed by atoms with Gasteiger partial charge in [-0.15, -0.1) is 0 Å². The van der Waals surface area contributed by atoms with Crippen LogP contribution >= 0.6 is 11.8 Å². The highest BCUT2D eigenvalue weighted by molar-refractivity contribution is 8.01. The molecule has 0 fully saturated rings. The van der Waals surface area contributed by atoms with E-state index in [-0.39, 0.29) is 16.1 Å². The van der Waals surface area contributed by atoms with Crippen LogP contribution < -0.4 is 5.32 Å². The van der Waals surface area contributed by atoms with Crippen molar-refractivity contribution in [3.05, 3.63) is 57.6 Å². The van der Waals surface area contributed by atoms with Gasteiger partial charge in [0.2, 0.25) is 4.87 Å². The highest BCUT2D eigenvalue weighted by Crippen LogP contribution is 2.56. The van der Waals surface area contributed by atoms with E-state index >= 15 is 0 Å². The maximum Gasteiger partial charge on any atom is 0.355 e. The molecule has 2 aromatic carbocycles. The Morgan fingerprint density at radius 1 is 0.844 bits per heavy atom. The first kappa shape index (κ1) is 20.9. The molecule has 2 aliphatic heterocycles. The van der Waals surface area contributed by atoms with Crippen LogP contribution in [0, 0.1) is 0 Å². The third kappa shape index (κ3) is 2.79. The Kier molecular flexibility index (Phi) is 4.44. The first-order valence-corrected chi connectivity index (χ1v) is 9.32. The highest BCUT2D eigenvalue weighted by atomic mass is 32.2. The highest BCUT2D eigenvalue weighted by Gasteiger charge is 2.54. The van der Waals surface area contributed by atoms with Gasteiger partial charge in [-0.1, -0.05) is 17.8 Å². The van der Waals surface area contributed by atoms with Gasteiger partial charge < -0.3 is 30.5 Å². The summed E-state index contributed by atoms with van der Waals surface area (Å²) < 4.78 is 4.77. The van der Waals surface area contributed by atoms with Crippen molar-refractivity contribution in [1.29, 1.82) is 0 Å². The summed E-state index contributed by atoms with van der Waals surface area (Å²) in [7, 11) is 0. The Morgan fingerprint density at radius 3 is 2.03 bits per heavy atom. The summed E-state index contributed by atoms with van der Waals surface area (Å²) in [6.45, 7) is 0. The number of aromatic carboxylic acids is 4. The number of carboxylic acids is 4. The van der Waals surface area contributed by atoms with Crippen molar-refractivity contribution in [2.24, 2.45) is 0 Å². The Bertz CT molecular complexity index is 1310. The Labute approximate surface area is 180 Å². The third-order valence-electron chi connectivity index (χ3n) is 4.86. The molecular weight excluding hydrogens is 450 g/mol. The first-order chi connectivity index (χ1) is 15.0. The van der Waals surface area contributed by atoms with Gasteiger partial charge in [0.25, 0.3) is 0 Å². The Balaban J connectivity index is 2.00. The third-order valence-corrected chi connectivity index (χ3v) is 6.22. The Morgan fingerprint density at radius 2 is 1.47 bits per heavy atom. The lowest BCUT2D eigenvalue weighted by molar-refractivity contribution is -0.140. The predicted molar refractivity (Wildman–Crippen MR) is 102 cm³/mol. The van der Waals surface area contributed by atoms with Crippen LogP contribution in [0.1, 0.15) is 57.4 Å². The molecule has 0 aliphatic carbocycles. The number of carbonyl (C=O) groups excluding carboxylic acids is 2. The number of carboxylic acid groups (broad SMARTS) is 4.